The Morgan fingerprint density at radius 2 is 2.06 bits per heavy atom. The van der Waals surface area contributed by atoms with Crippen LogP contribution in [-0.4, -0.2) is 22.8 Å². The maximum atomic E-state index is 4.40. The lowest BCUT2D eigenvalue weighted by Crippen LogP contribution is -2.39. The van der Waals surface area contributed by atoms with Gasteiger partial charge in [-0.25, -0.2) is 0 Å². The van der Waals surface area contributed by atoms with Crippen molar-refractivity contribution in [1.82, 2.24) is 10.2 Å². The first kappa shape index (κ1) is 12.8. The minimum Gasteiger partial charge on any atom is -0.344 e. The second-order valence-corrected chi connectivity index (χ2v) is 6.85. The summed E-state index contributed by atoms with van der Waals surface area (Å²) in [5, 5.41) is 11.0. The highest BCUT2D eigenvalue weighted by atomic mass is 32.1. The van der Waals surface area contributed by atoms with Crippen LogP contribution in [0.5, 0.6) is 0 Å². The number of aromatic nitrogens is 2. The molecular formula is C13H23N3S. The molecule has 1 unspecified atom stereocenters. The first-order valence-corrected chi connectivity index (χ1v) is 7.44. The number of nitrogens with zero attached hydrogens (tertiary/aromatic N) is 3. The molecule has 1 fully saturated rings. The number of hydrogen-bond donors (Lipinski definition) is 0. The van der Waals surface area contributed by atoms with Crippen LogP contribution in [0.2, 0.25) is 0 Å². The van der Waals surface area contributed by atoms with Gasteiger partial charge >= 0.3 is 0 Å². The first-order chi connectivity index (χ1) is 8.02. The molecular weight excluding hydrogens is 230 g/mol. The number of hydrogen-bond acceptors (Lipinski definition) is 4. The lowest BCUT2D eigenvalue weighted by Gasteiger charge is -2.34. The Morgan fingerprint density at radius 1 is 1.29 bits per heavy atom. The zero-order valence-electron chi connectivity index (χ0n) is 11.4. The van der Waals surface area contributed by atoms with E-state index >= 15 is 0 Å². The average molecular weight is 253 g/mol. The lowest BCUT2D eigenvalue weighted by atomic mass is 9.98. The molecule has 0 N–H and O–H groups in total. The lowest BCUT2D eigenvalue weighted by molar-refractivity contribution is 0.448. The molecule has 0 aliphatic carbocycles. The van der Waals surface area contributed by atoms with E-state index in [4.69, 9.17) is 0 Å². The number of anilines is 1. The van der Waals surface area contributed by atoms with Gasteiger partial charge in [-0.2, -0.15) is 0 Å². The molecule has 17 heavy (non-hydrogen) atoms. The molecule has 0 aromatic carbocycles. The quantitative estimate of drug-likeness (QED) is 0.806. The van der Waals surface area contributed by atoms with Crippen LogP contribution in [0.3, 0.4) is 0 Å². The van der Waals surface area contributed by atoms with E-state index in [0.29, 0.717) is 6.04 Å². The second kappa shape index (κ2) is 4.92. The van der Waals surface area contributed by atoms with Crippen LogP contribution in [-0.2, 0) is 5.41 Å². The van der Waals surface area contributed by atoms with E-state index in [2.05, 4.69) is 42.8 Å². The summed E-state index contributed by atoms with van der Waals surface area (Å²) in [5.74, 6) is 0. The summed E-state index contributed by atoms with van der Waals surface area (Å²) in [4.78, 5) is 2.47. The fourth-order valence-corrected chi connectivity index (χ4v) is 3.31. The van der Waals surface area contributed by atoms with Crippen molar-refractivity contribution in [2.24, 2.45) is 0 Å². The van der Waals surface area contributed by atoms with Crippen molar-refractivity contribution in [3.8, 4) is 0 Å². The molecule has 1 aromatic rings. The summed E-state index contributed by atoms with van der Waals surface area (Å²) in [5.41, 5.74) is 0.118. The van der Waals surface area contributed by atoms with Crippen molar-refractivity contribution in [1.29, 1.82) is 0 Å². The van der Waals surface area contributed by atoms with E-state index in [0.717, 1.165) is 16.7 Å². The van der Waals surface area contributed by atoms with Gasteiger partial charge < -0.3 is 4.90 Å². The van der Waals surface area contributed by atoms with Gasteiger partial charge in [-0.05, 0) is 25.7 Å². The number of rotatable bonds is 2. The molecule has 0 radical (unpaired) electrons. The van der Waals surface area contributed by atoms with Gasteiger partial charge in [0.1, 0.15) is 5.01 Å². The Balaban J connectivity index is 2.18. The van der Waals surface area contributed by atoms with Crippen LogP contribution < -0.4 is 4.90 Å². The summed E-state index contributed by atoms with van der Waals surface area (Å²) in [7, 11) is 0. The van der Waals surface area contributed by atoms with E-state index < -0.39 is 0 Å². The standard InChI is InChI=1S/C13H23N3S/c1-5-10-8-6-7-9-16(10)12-15-14-11(17-12)13(2,3)4/h10H,5-9H2,1-4H3. The van der Waals surface area contributed by atoms with Crippen LogP contribution in [0.1, 0.15) is 58.4 Å². The predicted molar refractivity (Wildman–Crippen MR) is 73.9 cm³/mol. The summed E-state index contributed by atoms with van der Waals surface area (Å²) in [6.45, 7) is 10.0. The monoisotopic (exact) mass is 253 g/mol. The molecule has 3 nitrogen and oxygen atoms in total. The van der Waals surface area contributed by atoms with Gasteiger partial charge in [-0.1, -0.05) is 39.0 Å². The summed E-state index contributed by atoms with van der Waals surface area (Å²) < 4.78 is 0. The maximum Gasteiger partial charge on any atom is 0.208 e. The van der Waals surface area contributed by atoms with E-state index in [1.165, 1.54) is 25.7 Å². The van der Waals surface area contributed by atoms with Gasteiger partial charge in [0.15, 0.2) is 0 Å². The van der Waals surface area contributed by atoms with Gasteiger partial charge in [0, 0.05) is 18.0 Å². The molecule has 1 saturated heterocycles. The van der Waals surface area contributed by atoms with Gasteiger partial charge in [0.2, 0.25) is 5.13 Å². The van der Waals surface area contributed by atoms with Crippen molar-refractivity contribution in [3.05, 3.63) is 5.01 Å². The summed E-state index contributed by atoms with van der Waals surface area (Å²) in [6.07, 6.45) is 5.17. The van der Waals surface area contributed by atoms with Crippen molar-refractivity contribution >= 4 is 16.5 Å². The SMILES string of the molecule is CCC1CCCCN1c1nnc(C(C)(C)C)s1. The van der Waals surface area contributed by atoms with E-state index in [9.17, 15) is 0 Å². The molecule has 0 bridgehead atoms. The van der Waals surface area contributed by atoms with Crippen molar-refractivity contribution in [2.75, 3.05) is 11.4 Å². The van der Waals surface area contributed by atoms with Crippen LogP contribution in [0.15, 0.2) is 0 Å². The molecule has 2 heterocycles. The fourth-order valence-electron chi connectivity index (χ4n) is 2.31. The molecule has 1 atom stereocenters. The normalized spacial score (nSPS) is 21.9. The van der Waals surface area contributed by atoms with Crippen molar-refractivity contribution in [3.63, 3.8) is 0 Å². The third-order valence-electron chi connectivity index (χ3n) is 3.40. The first-order valence-electron chi connectivity index (χ1n) is 6.63. The predicted octanol–water partition coefficient (Wildman–Crippen LogP) is 3.60. The Bertz CT molecular complexity index is 367. The minimum atomic E-state index is 0.118. The van der Waals surface area contributed by atoms with Gasteiger partial charge in [-0.3, -0.25) is 0 Å². The van der Waals surface area contributed by atoms with Crippen LogP contribution in [0.4, 0.5) is 5.13 Å². The van der Waals surface area contributed by atoms with Crippen molar-refractivity contribution < 1.29 is 0 Å². The van der Waals surface area contributed by atoms with E-state index in [-0.39, 0.29) is 5.41 Å². The highest BCUT2D eigenvalue weighted by molar-refractivity contribution is 7.15. The Hall–Kier alpha value is -0.640. The molecule has 96 valence electrons. The van der Waals surface area contributed by atoms with Crippen LogP contribution in [0, 0.1) is 0 Å². The largest absolute Gasteiger partial charge is 0.344 e. The summed E-state index contributed by atoms with van der Waals surface area (Å²) in [6, 6.07) is 0.671. The van der Waals surface area contributed by atoms with Crippen molar-refractivity contribution in [2.45, 2.75) is 64.8 Å². The van der Waals surface area contributed by atoms with Gasteiger partial charge in [-0.15, -0.1) is 10.2 Å². The zero-order chi connectivity index (χ0) is 12.5. The Kier molecular flexibility index (Phi) is 3.71. The van der Waals surface area contributed by atoms with E-state index in [1.807, 2.05) is 0 Å². The molecule has 1 aliphatic rings. The summed E-state index contributed by atoms with van der Waals surface area (Å²) >= 11 is 1.77. The minimum absolute atomic E-state index is 0.118. The van der Waals surface area contributed by atoms with Crippen LogP contribution in [0.25, 0.3) is 0 Å². The zero-order valence-corrected chi connectivity index (χ0v) is 12.2. The highest BCUT2D eigenvalue weighted by Crippen LogP contribution is 2.33. The molecule has 0 amide bonds. The number of piperidine rings is 1. The van der Waals surface area contributed by atoms with E-state index in [1.54, 1.807) is 11.3 Å². The second-order valence-electron chi connectivity index (χ2n) is 5.89. The molecule has 0 saturated carbocycles. The Labute approximate surface area is 108 Å². The van der Waals surface area contributed by atoms with Gasteiger partial charge in [0.25, 0.3) is 0 Å². The molecule has 2 rings (SSSR count). The Morgan fingerprint density at radius 3 is 2.65 bits per heavy atom. The smallest absolute Gasteiger partial charge is 0.208 e. The maximum absolute atomic E-state index is 4.40. The van der Waals surface area contributed by atoms with Gasteiger partial charge in [0.05, 0.1) is 0 Å². The third-order valence-corrected chi connectivity index (χ3v) is 4.79. The third kappa shape index (κ3) is 2.79. The topological polar surface area (TPSA) is 29.0 Å². The van der Waals surface area contributed by atoms with Crippen LogP contribution >= 0.6 is 11.3 Å². The molecule has 1 aromatic heterocycles. The molecule has 0 spiro atoms. The highest BCUT2D eigenvalue weighted by Gasteiger charge is 2.26. The molecule has 4 heteroatoms. The fraction of sp³-hybridized carbons (Fsp3) is 0.846. The average Bonchev–Trinajstić information content (AvgIpc) is 2.77. The molecule has 1 aliphatic heterocycles.